The van der Waals surface area contributed by atoms with E-state index in [0.29, 0.717) is 56.1 Å². The molecular weight excluding hydrogens is 508 g/mol. The highest BCUT2D eigenvalue weighted by molar-refractivity contribution is 5.95. The monoisotopic (exact) mass is 544 g/mol. The molecule has 10 nitrogen and oxygen atoms in total. The van der Waals surface area contributed by atoms with Crippen molar-refractivity contribution in [3.63, 3.8) is 0 Å². The van der Waals surface area contributed by atoms with Gasteiger partial charge in [-0.1, -0.05) is 17.7 Å². The number of aromatic nitrogens is 4. The summed E-state index contributed by atoms with van der Waals surface area (Å²) in [5.41, 5.74) is 5.91. The highest BCUT2D eigenvalue weighted by Gasteiger charge is 2.33. The maximum atomic E-state index is 13.7. The van der Waals surface area contributed by atoms with Crippen molar-refractivity contribution in [3.05, 3.63) is 58.1 Å². The average molecular weight is 545 g/mol. The van der Waals surface area contributed by atoms with E-state index in [1.807, 2.05) is 28.0 Å². The Kier molecular flexibility index (Phi) is 6.87. The van der Waals surface area contributed by atoms with E-state index in [9.17, 15) is 9.59 Å². The van der Waals surface area contributed by atoms with E-state index < -0.39 is 0 Å². The molecule has 210 valence electrons. The van der Waals surface area contributed by atoms with E-state index in [-0.39, 0.29) is 17.7 Å². The molecule has 7 rings (SSSR count). The maximum absolute atomic E-state index is 13.7. The summed E-state index contributed by atoms with van der Waals surface area (Å²) >= 11 is 0. The molecule has 3 aliphatic heterocycles. The zero-order chi connectivity index (χ0) is 27.1. The lowest BCUT2D eigenvalue weighted by molar-refractivity contribution is -0.135. The fraction of sp³-hybridized carbons (Fsp3) is 0.567. The van der Waals surface area contributed by atoms with Crippen molar-refractivity contribution in [1.29, 1.82) is 0 Å². The Bertz CT molecular complexity index is 1360. The van der Waals surface area contributed by atoms with Gasteiger partial charge in [0.1, 0.15) is 5.69 Å². The molecule has 2 fully saturated rings. The third kappa shape index (κ3) is 5.29. The molecule has 0 aromatic carbocycles. The van der Waals surface area contributed by atoms with Crippen LogP contribution >= 0.6 is 0 Å². The van der Waals surface area contributed by atoms with Crippen molar-refractivity contribution in [2.24, 2.45) is 11.8 Å². The van der Waals surface area contributed by atoms with Gasteiger partial charge in [0.15, 0.2) is 0 Å². The van der Waals surface area contributed by atoms with Crippen LogP contribution in [0.25, 0.3) is 0 Å². The first-order valence-electron chi connectivity index (χ1n) is 14.7. The molecule has 1 N–H and O–H groups in total. The van der Waals surface area contributed by atoms with E-state index in [1.165, 1.54) is 5.57 Å². The fourth-order valence-corrected chi connectivity index (χ4v) is 6.27. The third-order valence-corrected chi connectivity index (χ3v) is 8.95. The summed E-state index contributed by atoms with van der Waals surface area (Å²) < 4.78 is 11.6. The minimum absolute atomic E-state index is 0.0232. The number of hydrogen-bond donors (Lipinski definition) is 1. The number of nitrogens with one attached hydrogen (secondary N) is 1. The number of pyridine rings is 1. The largest absolute Gasteiger partial charge is 0.477 e. The summed E-state index contributed by atoms with van der Waals surface area (Å²) in [6.07, 6.45) is 10.6. The molecule has 2 amide bonds. The summed E-state index contributed by atoms with van der Waals surface area (Å²) in [7, 11) is 0. The van der Waals surface area contributed by atoms with Crippen LogP contribution in [0.1, 0.15) is 71.9 Å². The van der Waals surface area contributed by atoms with Gasteiger partial charge >= 0.3 is 0 Å². The molecule has 5 aliphatic rings. The topological polar surface area (TPSA) is 114 Å². The lowest BCUT2D eigenvalue weighted by Gasteiger charge is -2.35. The van der Waals surface area contributed by atoms with Gasteiger partial charge in [0, 0.05) is 62.5 Å². The lowest BCUT2D eigenvalue weighted by Crippen LogP contribution is -2.41. The van der Waals surface area contributed by atoms with Gasteiger partial charge in [-0.15, -0.1) is 0 Å². The normalized spacial score (nSPS) is 23.1. The molecule has 2 aromatic heterocycles. The van der Waals surface area contributed by atoms with Crippen molar-refractivity contribution in [1.82, 2.24) is 30.2 Å². The Morgan fingerprint density at radius 1 is 1.00 bits per heavy atom. The van der Waals surface area contributed by atoms with E-state index in [2.05, 4.69) is 21.5 Å². The minimum Gasteiger partial charge on any atom is -0.477 e. The highest BCUT2D eigenvalue weighted by atomic mass is 16.5. The van der Waals surface area contributed by atoms with Crippen molar-refractivity contribution < 1.29 is 19.1 Å². The molecule has 0 bridgehead atoms. The molecule has 0 radical (unpaired) electrons. The number of fused-ring (bicyclic) bond motifs is 1. The molecule has 40 heavy (non-hydrogen) atoms. The van der Waals surface area contributed by atoms with Crippen LogP contribution in [0.5, 0.6) is 5.88 Å². The maximum Gasteiger partial charge on any atom is 0.254 e. The van der Waals surface area contributed by atoms with E-state index in [1.54, 1.807) is 0 Å². The molecule has 0 spiro atoms. The Morgan fingerprint density at radius 2 is 1.82 bits per heavy atom. The lowest BCUT2D eigenvalue weighted by atomic mass is 9.84. The summed E-state index contributed by atoms with van der Waals surface area (Å²) in [5, 5.41) is 11.0. The van der Waals surface area contributed by atoms with Gasteiger partial charge < -0.3 is 19.3 Å². The highest BCUT2D eigenvalue weighted by Crippen LogP contribution is 2.40. The summed E-state index contributed by atoms with van der Waals surface area (Å²) in [4.78, 5) is 35.6. The standard InChI is InChI=1S/C30H36N6O4/c37-29(36-10-6-25-27(17-36)33-34-32-25)22-3-4-23-16-35(9-5-21(23)13-22)30(38)24-14-26(20-1-2-20)31-28(15-24)40-18-19-7-11-39-12-8-19/h3-4,14-15,19-20,22H,1-2,5-13,16-18H2,(H,32,33,34). The van der Waals surface area contributed by atoms with Crippen LogP contribution in [0.2, 0.25) is 0 Å². The SMILES string of the molecule is O=C(c1cc(OCC2CCOCC2)nc(C2CC2)c1)N1CCC2=C(C=CC(C(=O)N3CCc4n[nH]nc4C3)C2)C1. The molecule has 5 heterocycles. The number of aromatic amines is 1. The molecule has 1 atom stereocenters. The Balaban J connectivity index is 1.00. The smallest absolute Gasteiger partial charge is 0.254 e. The zero-order valence-corrected chi connectivity index (χ0v) is 22.8. The number of amides is 2. The first kappa shape index (κ1) is 25.4. The van der Waals surface area contributed by atoms with Crippen LogP contribution < -0.4 is 4.74 Å². The van der Waals surface area contributed by atoms with Crippen LogP contribution in [0.15, 0.2) is 35.4 Å². The van der Waals surface area contributed by atoms with Gasteiger partial charge in [-0.25, -0.2) is 4.98 Å². The number of carbonyl (C=O) groups is 2. The number of carbonyl (C=O) groups excluding carboxylic acids is 2. The van der Waals surface area contributed by atoms with Crippen LogP contribution in [0, 0.1) is 11.8 Å². The van der Waals surface area contributed by atoms with Crippen molar-refractivity contribution >= 4 is 11.8 Å². The Hall–Kier alpha value is -3.53. The molecule has 2 aliphatic carbocycles. The number of rotatable bonds is 6. The van der Waals surface area contributed by atoms with Crippen LogP contribution in [0.3, 0.4) is 0 Å². The zero-order valence-electron chi connectivity index (χ0n) is 22.8. The molecule has 2 aromatic rings. The van der Waals surface area contributed by atoms with Gasteiger partial charge in [-0.05, 0) is 56.1 Å². The van der Waals surface area contributed by atoms with Gasteiger partial charge in [-0.2, -0.15) is 15.4 Å². The quantitative estimate of drug-likeness (QED) is 0.594. The Labute approximate surface area is 233 Å². The molecule has 10 heteroatoms. The summed E-state index contributed by atoms with van der Waals surface area (Å²) in [6.45, 7) is 4.58. The van der Waals surface area contributed by atoms with Crippen molar-refractivity contribution in [2.75, 3.05) is 39.5 Å². The van der Waals surface area contributed by atoms with Crippen LogP contribution in [0.4, 0.5) is 0 Å². The number of nitrogens with zero attached hydrogens (tertiary/aromatic N) is 5. The minimum atomic E-state index is -0.161. The first-order valence-corrected chi connectivity index (χ1v) is 14.7. The molecule has 1 saturated heterocycles. The third-order valence-electron chi connectivity index (χ3n) is 8.95. The van der Waals surface area contributed by atoms with E-state index in [0.717, 1.165) is 80.8 Å². The van der Waals surface area contributed by atoms with Gasteiger partial charge in [-0.3, -0.25) is 9.59 Å². The van der Waals surface area contributed by atoms with Crippen LogP contribution in [-0.2, 0) is 22.5 Å². The van der Waals surface area contributed by atoms with Crippen LogP contribution in [-0.4, -0.2) is 81.5 Å². The number of ether oxygens (including phenoxy) is 2. The van der Waals surface area contributed by atoms with Gasteiger partial charge in [0.2, 0.25) is 11.8 Å². The molecule has 1 unspecified atom stereocenters. The summed E-state index contributed by atoms with van der Waals surface area (Å²) in [6, 6.07) is 3.79. The molecule has 1 saturated carbocycles. The number of hydrogen-bond acceptors (Lipinski definition) is 7. The van der Waals surface area contributed by atoms with Gasteiger partial charge in [0.05, 0.1) is 24.8 Å². The van der Waals surface area contributed by atoms with Crippen molar-refractivity contribution in [3.8, 4) is 5.88 Å². The Morgan fingerprint density at radius 3 is 2.67 bits per heavy atom. The predicted molar refractivity (Wildman–Crippen MR) is 146 cm³/mol. The average Bonchev–Trinajstić information content (AvgIpc) is 3.76. The first-order chi connectivity index (χ1) is 19.6. The van der Waals surface area contributed by atoms with Crippen molar-refractivity contribution in [2.45, 2.75) is 57.4 Å². The fourth-order valence-electron chi connectivity index (χ4n) is 6.27. The van der Waals surface area contributed by atoms with Gasteiger partial charge in [0.25, 0.3) is 5.91 Å². The van der Waals surface area contributed by atoms with E-state index >= 15 is 0 Å². The number of H-pyrrole nitrogens is 1. The second-order valence-corrected chi connectivity index (χ2v) is 11.8. The molecular formula is C30H36N6O4. The van der Waals surface area contributed by atoms with E-state index in [4.69, 9.17) is 14.5 Å². The predicted octanol–water partition coefficient (Wildman–Crippen LogP) is 3.19. The second-order valence-electron chi connectivity index (χ2n) is 11.8. The second kappa shape index (κ2) is 10.8. The summed E-state index contributed by atoms with van der Waals surface area (Å²) in [5.74, 6) is 1.47.